The highest BCUT2D eigenvalue weighted by Crippen LogP contribution is 2.39. The minimum atomic E-state index is -0.797. The second-order valence-corrected chi connectivity index (χ2v) is 24.4. The van der Waals surface area contributed by atoms with E-state index in [0.29, 0.717) is 64.5 Å². The van der Waals surface area contributed by atoms with Gasteiger partial charge in [0.05, 0.1) is 58.2 Å². The molecular weight excluding hydrogens is 1020 g/mol. The van der Waals surface area contributed by atoms with Gasteiger partial charge in [-0.3, -0.25) is 9.59 Å². The summed E-state index contributed by atoms with van der Waals surface area (Å²) in [4.78, 5) is 47.6. The highest BCUT2D eigenvalue weighted by Gasteiger charge is 2.44. The lowest BCUT2D eigenvalue weighted by Crippen LogP contribution is -2.52. The number of ether oxygens (including phenoxy) is 1. The molecule has 1 unspecified atom stereocenters. The standard InChI is InChI=1S/C60H78N12O6S/c1-36(2)56(60(76)72-32-45(73)28-52(72)59(75)64-37(3)41-10-12-43(13-11-41)57-38(4)63-35-79-57)54-30-55(67-78-54)70-22-14-40(15-23-70)31-68-20-18-46(19-21-68)77-47-26-44(27-47)69-24-16-42(17-25-69)39(5)71-33-51(62-34-71)49-29-50(65-66-58(49)61)48-8-6-7-9-53(48)74/h6-13,29-30,33-37,39-40,42,44-47,52,56,73-74H,14-28,31-32H2,1-5H3,(H2,61,66)(H,64,75)/t37-,39?,44-,45+,47-,52-,56+/m0/s1. The third-order valence-corrected chi connectivity index (χ3v) is 18.9. The molecule has 5 N–H and O–H groups in total. The molecular formula is C60H78N12O6S. The Hall–Kier alpha value is -6.25. The number of aliphatic hydroxyl groups is 1. The number of rotatable bonds is 17. The summed E-state index contributed by atoms with van der Waals surface area (Å²) in [5, 5.41) is 37.2. The first kappa shape index (κ1) is 54.7. The van der Waals surface area contributed by atoms with Crippen molar-refractivity contribution in [1.82, 2.24) is 49.9 Å². The Bertz CT molecular complexity index is 3020. The number of hydrogen-bond donors (Lipinski definition) is 4. The van der Waals surface area contributed by atoms with Gasteiger partial charge in [-0.15, -0.1) is 21.5 Å². The van der Waals surface area contributed by atoms with E-state index >= 15 is 0 Å². The molecule has 5 fully saturated rings. The maximum absolute atomic E-state index is 14.4. The van der Waals surface area contributed by atoms with Crippen molar-refractivity contribution in [2.45, 2.75) is 141 Å². The van der Waals surface area contributed by atoms with Crippen molar-refractivity contribution in [3.63, 3.8) is 0 Å². The number of phenols is 1. The lowest BCUT2D eigenvalue weighted by Gasteiger charge is -2.47. The summed E-state index contributed by atoms with van der Waals surface area (Å²) in [6.07, 6.45) is 12.9. The van der Waals surface area contributed by atoms with E-state index in [9.17, 15) is 19.8 Å². The fraction of sp³-hybridized carbons (Fsp3) is 0.550. The molecule has 2 amide bonds. The molecule has 4 saturated heterocycles. The molecule has 0 spiro atoms. The molecule has 1 aliphatic carbocycles. The summed E-state index contributed by atoms with van der Waals surface area (Å²) >= 11 is 1.60. The monoisotopic (exact) mass is 1090 g/mol. The molecule has 0 bridgehead atoms. The van der Waals surface area contributed by atoms with Gasteiger partial charge in [-0.25, -0.2) is 9.97 Å². The quantitative estimate of drug-likeness (QED) is 0.0673. The number of likely N-dealkylation sites (tertiary alicyclic amines) is 3. The number of nitrogens with two attached hydrogens (primary N) is 1. The van der Waals surface area contributed by atoms with Crippen molar-refractivity contribution in [1.29, 1.82) is 0 Å². The first-order valence-corrected chi connectivity index (χ1v) is 29.7. The van der Waals surface area contributed by atoms with E-state index < -0.39 is 18.1 Å². The number of nitrogen functional groups attached to an aromatic ring is 1. The average Bonchev–Trinajstić information content (AvgIpc) is 4.35. The summed E-state index contributed by atoms with van der Waals surface area (Å²) in [6, 6.07) is 18.8. The number of aryl methyl sites for hydroxylation is 1. The molecule has 4 aliphatic heterocycles. The second-order valence-electron chi connectivity index (χ2n) is 23.5. The van der Waals surface area contributed by atoms with Crippen molar-refractivity contribution in [2.24, 2.45) is 17.8 Å². The van der Waals surface area contributed by atoms with Crippen LogP contribution in [0.25, 0.3) is 33.0 Å². The van der Waals surface area contributed by atoms with Gasteiger partial charge >= 0.3 is 0 Å². The first-order valence-electron chi connectivity index (χ1n) is 28.8. The van der Waals surface area contributed by atoms with Crippen molar-refractivity contribution < 1.29 is 29.1 Å². The minimum Gasteiger partial charge on any atom is -0.507 e. The number of hydrogen-bond acceptors (Lipinski definition) is 16. The number of carbonyl (C=O) groups excluding carboxylic acids is 2. The third kappa shape index (κ3) is 12.1. The fourth-order valence-electron chi connectivity index (χ4n) is 13.0. The zero-order valence-corrected chi connectivity index (χ0v) is 47.2. The summed E-state index contributed by atoms with van der Waals surface area (Å²) in [5.74, 6) is 1.58. The minimum absolute atomic E-state index is 0.0905. The topological polar surface area (TPSA) is 217 Å². The Morgan fingerprint density at radius 3 is 2.32 bits per heavy atom. The van der Waals surface area contributed by atoms with Gasteiger partial charge in [0.15, 0.2) is 17.4 Å². The number of nitrogens with zero attached hydrogens (tertiary/aromatic N) is 10. The Balaban J connectivity index is 0.586. The fourth-order valence-corrected chi connectivity index (χ4v) is 13.8. The van der Waals surface area contributed by atoms with Gasteiger partial charge in [0.2, 0.25) is 11.8 Å². The van der Waals surface area contributed by atoms with Gasteiger partial charge in [0.25, 0.3) is 0 Å². The second kappa shape index (κ2) is 23.8. The summed E-state index contributed by atoms with van der Waals surface area (Å²) in [5.41, 5.74) is 13.8. The number of aromatic hydroxyl groups is 1. The van der Waals surface area contributed by atoms with Crippen LogP contribution in [0.3, 0.4) is 0 Å². The molecule has 18 nitrogen and oxygen atoms in total. The molecule has 79 heavy (non-hydrogen) atoms. The number of nitrogens with one attached hydrogen (secondary N) is 1. The summed E-state index contributed by atoms with van der Waals surface area (Å²) < 4.78 is 14.9. The van der Waals surface area contributed by atoms with E-state index in [1.165, 1.54) is 0 Å². The molecule has 420 valence electrons. The number of imidazole rings is 1. The van der Waals surface area contributed by atoms with Crippen molar-refractivity contribution >= 4 is 34.8 Å². The zero-order valence-electron chi connectivity index (χ0n) is 46.4. The van der Waals surface area contributed by atoms with Gasteiger partial charge in [-0.1, -0.05) is 55.4 Å². The maximum atomic E-state index is 14.4. The molecule has 8 heterocycles. The number of amides is 2. The van der Waals surface area contributed by atoms with Crippen LogP contribution in [-0.4, -0.2) is 149 Å². The molecule has 0 radical (unpaired) electrons. The Morgan fingerprint density at radius 1 is 0.861 bits per heavy atom. The largest absolute Gasteiger partial charge is 0.507 e. The van der Waals surface area contributed by atoms with Crippen molar-refractivity contribution in [2.75, 3.05) is 63.0 Å². The number of thiazole rings is 1. The van der Waals surface area contributed by atoms with E-state index in [1.807, 2.05) is 88.1 Å². The van der Waals surface area contributed by atoms with Crippen LogP contribution < -0.4 is 16.0 Å². The Labute approximate surface area is 467 Å². The number of β-amino-alcohol motifs (C(OH)–C–C–N with tert-alkyl or cyclic N) is 1. The number of piperidine rings is 3. The van der Waals surface area contributed by atoms with Gasteiger partial charge in [0, 0.05) is 81.2 Å². The molecule has 11 rings (SSSR count). The van der Waals surface area contributed by atoms with Crippen LogP contribution in [0.15, 0.2) is 83.2 Å². The molecule has 1 saturated carbocycles. The van der Waals surface area contributed by atoms with E-state index in [2.05, 4.69) is 58.0 Å². The van der Waals surface area contributed by atoms with Crippen LogP contribution in [0, 0.1) is 24.7 Å². The number of anilines is 2. The van der Waals surface area contributed by atoms with E-state index in [1.54, 1.807) is 28.4 Å². The lowest BCUT2D eigenvalue weighted by molar-refractivity contribution is -0.141. The van der Waals surface area contributed by atoms with Gasteiger partial charge in [-0.2, -0.15) is 0 Å². The summed E-state index contributed by atoms with van der Waals surface area (Å²) in [6.45, 7) is 17.5. The first-order chi connectivity index (χ1) is 38.2. The van der Waals surface area contributed by atoms with Gasteiger partial charge < -0.3 is 54.7 Å². The van der Waals surface area contributed by atoms with Crippen LogP contribution in [0.4, 0.5) is 11.6 Å². The molecule has 2 aromatic carbocycles. The van der Waals surface area contributed by atoms with Crippen LogP contribution in [0.1, 0.15) is 121 Å². The van der Waals surface area contributed by atoms with Gasteiger partial charge in [0.1, 0.15) is 17.7 Å². The SMILES string of the molecule is Cc1ncsc1-c1ccc([C@H](C)NC(=O)[C@@H]2C[C@@H](O)CN2C(=O)[C@@H](c2cc(N3CCC(CN4CCC(O[C@H]5C[C@H](N6CCC(C(C)n7cnc(-c8cc(-c9ccccc9O)nnc8N)c7)CC6)C5)CC4)CC3)no2)C(C)C)cc1. The molecule has 5 aliphatic rings. The predicted octanol–water partition coefficient (Wildman–Crippen LogP) is 8.50. The Morgan fingerprint density at radius 2 is 1.61 bits per heavy atom. The zero-order chi connectivity index (χ0) is 54.9. The maximum Gasteiger partial charge on any atom is 0.243 e. The smallest absolute Gasteiger partial charge is 0.243 e. The van der Waals surface area contributed by atoms with Gasteiger partial charge in [-0.05, 0) is 132 Å². The van der Waals surface area contributed by atoms with Crippen LogP contribution in [0.2, 0.25) is 0 Å². The number of aromatic nitrogens is 6. The number of phenolic OH excluding ortho intramolecular Hbond substituents is 1. The van der Waals surface area contributed by atoms with Crippen molar-refractivity contribution in [3.8, 4) is 38.7 Å². The normalized spacial score (nSPS) is 23.2. The highest BCUT2D eigenvalue weighted by atomic mass is 32.1. The summed E-state index contributed by atoms with van der Waals surface area (Å²) in [7, 11) is 0. The van der Waals surface area contributed by atoms with E-state index in [4.69, 9.17) is 20.0 Å². The molecule has 5 atom stereocenters. The van der Waals surface area contributed by atoms with Crippen LogP contribution in [-0.2, 0) is 14.3 Å². The average molecular weight is 1100 g/mol. The van der Waals surface area contributed by atoms with E-state index in [0.717, 1.165) is 130 Å². The number of para-hydroxylation sites is 1. The molecule has 4 aromatic heterocycles. The van der Waals surface area contributed by atoms with E-state index in [-0.39, 0.29) is 42.5 Å². The van der Waals surface area contributed by atoms with Crippen LogP contribution in [0.5, 0.6) is 5.75 Å². The van der Waals surface area contributed by atoms with Crippen molar-refractivity contribution in [3.05, 3.63) is 95.7 Å². The third-order valence-electron chi connectivity index (χ3n) is 18.0. The molecule has 19 heteroatoms. The van der Waals surface area contributed by atoms with Crippen LogP contribution >= 0.6 is 11.3 Å². The number of carbonyl (C=O) groups is 2. The molecule has 6 aromatic rings. The predicted molar refractivity (Wildman–Crippen MR) is 305 cm³/mol. The highest BCUT2D eigenvalue weighted by molar-refractivity contribution is 7.13. The lowest BCUT2D eigenvalue weighted by atomic mass is 9.83. The number of benzene rings is 2. The Kier molecular flexibility index (Phi) is 16.5. The number of aliphatic hydroxyl groups excluding tert-OH is 1.